The minimum Gasteiger partial charge on any atom is -0.320 e. The molecule has 0 spiro atoms. The molecule has 0 fully saturated rings. The molecule has 0 aliphatic carbocycles. The average Bonchev–Trinajstić information content (AvgIpc) is 2.34. The Morgan fingerprint density at radius 1 is 1.00 bits per heavy atom. The number of rotatable bonds is 2. The summed E-state index contributed by atoms with van der Waals surface area (Å²) in [6, 6.07) is 10.5. The molecule has 88 valence electrons. The Morgan fingerprint density at radius 2 is 1.59 bits per heavy atom. The lowest BCUT2D eigenvalue weighted by atomic mass is 9.99. The minimum absolute atomic E-state index is 0.125. The molecule has 1 unspecified atom stereocenters. The summed E-state index contributed by atoms with van der Waals surface area (Å²) in [5, 5.41) is 0.125. The first-order valence-electron chi connectivity index (χ1n) is 5.04. The normalized spacial score (nSPS) is 12.5. The third kappa shape index (κ3) is 2.46. The first kappa shape index (κ1) is 12.0. The van der Waals surface area contributed by atoms with Crippen LogP contribution < -0.4 is 5.73 Å². The SMILES string of the molecule is NC(c1ccccc1)c1cc(F)c(F)cc1Cl. The Bertz CT molecular complexity index is 528. The fraction of sp³-hybridized carbons (Fsp3) is 0.0769. The first-order valence-corrected chi connectivity index (χ1v) is 5.42. The van der Waals surface area contributed by atoms with Crippen LogP contribution in [0.3, 0.4) is 0 Å². The molecule has 0 radical (unpaired) electrons. The van der Waals surface area contributed by atoms with Crippen LogP contribution in [0.5, 0.6) is 0 Å². The summed E-state index contributed by atoms with van der Waals surface area (Å²) in [7, 11) is 0. The van der Waals surface area contributed by atoms with E-state index in [0.717, 1.165) is 17.7 Å². The molecule has 0 saturated heterocycles. The van der Waals surface area contributed by atoms with Gasteiger partial charge < -0.3 is 5.73 Å². The van der Waals surface area contributed by atoms with E-state index >= 15 is 0 Å². The zero-order valence-electron chi connectivity index (χ0n) is 8.83. The highest BCUT2D eigenvalue weighted by atomic mass is 35.5. The summed E-state index contributed by atoms with van der Waals surface area (Å²) in [6.07, 6.45) is 0. The van der Waals surface area contributed by atoms with Gasteiger partial charge in [0, 0.05) is 5.02 Å². The lowest BCUT2D eigenvalue weighted by Gasteiger charge is -2.14. The van der Waals surface area contributed by atoms with Crippen LogP contribution in [-0.4, -0.2) is 0 Å². The second-order valence-corrected chi connectivity index (χ2v) is 4.08. The van der Waals surface area contributed by atoms with Crippen LogP contribution >= 0.6 is 11.6 Å². The monoisotopic (exact) mass is 253 g/mol. The highest BCUT2D eigenvalue weighted by molar-refractivity contribution is 6.31. The standard InChI is InChI=1S/C13H10ClF2N/c14-10-7-12(16)11(15)6-9(10)13(17)8-4-2-1-3-5-8/h1-7,13H,17H2. The van der Waals surface area contributed by atoms with Crippen molar-refractivity contribution in [2.75, 3.05) is 0 Å². The molecule has 2 aromatic carbocycles. The summed E-state index contributed by atoms with van der Waals surface area (Å²) in [4.78, 5) is 0. The number of hydrogen-bond donors (Lipinski definition) is 1. The quantitative estimate of drug-likeness (QED) is 0.812. The topological polar surface area (TPSA) is 26.0 Å². The first-order chi connectivity index (χ1) is 8.09. The predicted molar refractivity (Wildman–Crippen MR) is 63.8 cm³/mol. The van der Waals surface area contributed by atoms with Gasteiger partial charge in [-0.05, 0) is 23.3 Å². The molecule has 1 nitrogen and oxygen atoms in total. The Morgan fingerprint density at radius 3 is 2.24 bits per heavy atom. The lowest BCUT2D eigenvalue weighted by molar-refractivity contribution is 0.506. The Labute approximate surface area is 103 Å². The third-order valence-electron chi connectivity index (χ3n) is 2.53. The smallest absolute Gasteiger partial charge is 0.160 e. The maximum atomic E-state index is 13.1. The van der Waals surface area contributed by atoms with Crippen LogP contribution in [0.15, 0.2) is 42.5 Å². The van der Waals surface area contributed by atoms with E-state index in [9.17, 15) is 8.78 Å². The summed E-state index contributed by atoms with van der Waals surface area (Å²) < 4.78 is 26.1. The molecule has 0 amide bonds. The molecule has 2 rings (SSSR count). The number of halogens is 3. The van der Waals surface area contributed by atoms with Gasteiger partial charge in [0.25, 0.3) is 0 Å². The highest BCUT2D eigenvalue weighted by Gasteiger charge is 2.15. The van der Waals surface area contributed by atoms with Crippen molar-refractivity contribution in [2.24, 2.45) is 5.73 Å². The molecule has 4 heteroatoms. The van der Waals surface area contributed by atoms with Crippen molar-refractivity contribution >= 4 is 11.6 Å². The van der Waals surface area contributed by atoms with Crippen molar-refractivity contribution < 1.29 is 8.78 Å². The van der Waals surface area contributed by atoms with Gasteiger partial charge in [0.1, 0.15) is 0 Å². The second kappa shape index (κ2) is 4.82. The maximum Gasteiger partial charge on any atom is 0.160 e. The zero-order valence-corrected chi connectivity index (χ0v) is 9.59. The highest BCUT2D eigenvalue weighted by Crippen LogP contribution is 2.28. The molecule has 1 atom stereocenters. The van der Waals surface area contributed by atoms with E-state index in [4.69, 9.17) is 17.3 Å². The van der Waals surface area contributed by atoms with Crippen LogP contribution in [0.2, 0.25) is 5.02 Å². The summed E-state index contributed by atoms with van der Waals surface area (Å²) in [6.45, 7) is 0. The molecule has 0 aliphatic heterocycles. The van der Waals surface area contributed by atoms with Gasteiger partial charge in [-0.1, -0.05) is 41.9 Å². The van der Waals surface area contributed by atoms with E-state index in [1.165, 1.54) is 0 Å². The van der Waals surface area contributed by atoms with Crippen molar-refractivity contribution in [3.63, 3.8) is 0 Å². The lowest BCUT2D eigenvalue weighted by Crippen LogP contribution is -2.13. The van der Waals surface area contributed by atoms with Crippen molar-refractivity contribution in [1.29, 1.82) is 0 Å². The Hall–Kier alpha value is -1.45. The number of benzene rings is 2. The van der Waals surface area contributed by atoms with Crippen LogP contribution in [0.25, 0.3) is 0 Å². The van der Waals surface area contributed by atoms with Crippen LogP contribution in [0.4, 0.5) is 8.78 Å². The Kier molecular flexibility index (Phi) is 3.41. The summed E-state index contributed by atoms with van der Waals surface area (Å²) >= 11 is 5.86. The van der Waals surface area contributed by atoms with Gasteiger partial charge in [0.2, 0.25) is 0 Å². The van der Waals surface area contributed by atoms with Gasteiger partial charge in [-0.25, -0.2) is 8.78 Å². The average molecular weight is 254 g/mol. The van der Waals surface area contributed by atoms with Crippen molar-refractivity contribution in [1.82, 2.24) is 0 Å². The van der Waals surface area contributed by atoms with Crippen molar-refractivity contribution in [3.8, 4) is 0 Å². The molecule has 0 bridgehead atoms. The van der Waals surface area contributed by atoms with Crippen molar-refractivity contribution in [2.45, 2.75) is 6.04 Å². The van der Waals surface area contributed by atoms with Crippen LogP contribution in [0.1, 0.15) is 17.2 Å². The van der Waals surface area contributed by atoms with E-state index in [1.54, 1.807) is 0 Å². The van der Waals surface area contributed by atoms with Gasteiger partial charge in [-0.15, -0.1) is 0 Å². The van der Waals surface area contributed by atoms with Crippen molar-refractivity contribution in [3.05, 3.63) is 70.2 Å². The van der Waals surface area contributed by atoms with E-state index < -0.39 is 17.7 Å². The van der Waals surface area contributed by atoms with Crippen LogP contribution in [0, 0.1) is 11.6 Å². The van der Waals surface area contributed by atoms with Crippen LogP contribution in [-0.2, 0) is 0 Å². The largest absolute Gasteiger partial charge is 0.320 e. The fourth-order valence-corrected chi connectivity index (χ4v) is 1.88. The molecule has 0 heterocycles. The molecular formula is C13H10ClF2N. The van der Waals surface area contributed by atoms with Gasteiger partial charge in [-0.2, -0.15) is 0 Å². The second-order valence-electron chi connectivity index (χ2n) is 3.68. The van der Waals surface area contributed by atoms with E-state index in [1.807, 2.05) is 30.3 Å². The van der Waals surface area contributed by atoms with Gasteiger partial charge in [0.15, 0.2) is 11.6 Å². The predicted octanol–water partition coefficient (Wildman–Crippen LogP) is 3.67. The Balaban J connectivity index is 2.44. The molecule has 0 aliphatic rings. The van der Waals surface area contributed by atoms with E-state index in [2.05, 4.69) is 0 Å². The van der Waals surface area contributed by atoms with Gasteiger partial charge >= 0.3 is 0 Å². The third-order valence-corrected chi connectivity index (χ3v) is 2.86. The minimum atomic E-state index is -0.973. The fourth-order valence-electron chi connectivity index (χ4n) is 1.62. The molecule has 2 aromatic rings. The van der Waals surface area contributed by atoms with Gasteiger partial charge in [0.05, 0.1) is 6.04 Å². The summed E-state index contributed by atoms with van der Waals surface area (Å²) in [5.41, 5.74) is 7.13. The molecule has 17 heavy (non-hydrogen) atoms. The van der Waals surface area contributed by atoms with E-state index in [-0.39, 0.29) is 5.02 Å². The zero-order chi connectivity index (χ0) is 12.4. The molecule has 0 saturated carbocycles. The number of hydrogen-bond acceptors (Lipinski definition) is 1. The maximum absolute atomic E-state index is 13.1. The molecule has 2 N–H and O–H groups in total. The molecule has 0 aromatic heterocycles. The summed E-state index contributed by atoms with van der Waals surface area (Å²) in [5.74, 6) is -1.92. The van der Waals surface area contributed by atoms with E-state index in [0.29, 0.717) is 5.56 Å². The number of nitrogens with two attached hydrogens (primary N) is 1. The van der Waals surface area contributed by atoms with Gasteiger partial charge in [-0.3, -0.25) is 0 Å². The molecular weight excluding hydrogens is 244 g/mol.